The number of anilines is 1. The molecule has 0 saturated carbocycles. The lowest BCUT2D eigenvalue weighted by molar-refractivity contribution is 0.0636. The molecule has 1 amide bonds. The molecular formula is C14H19NO3. The Balaban J connectivity index is 2.08. The van der Waals surface area contributed by atoms with Crippen molar-refractivity contribution in [3.63, 3.8) is 0 Å². The molecule has 1 aromatic rings. The molecule has 1 saturated heterocycles. The molecule has 1 aromatic carbocycles. The van der Waals surface area contributed by atoms with Crippen LogP contribution in [0, 0.1) is 6.92 Å². The fourth-order valence-electron chi connectivity index (χ4n) is 1.63. The van der Waals surface area contributed by atoms with E-state index in [0.717, 1.165) is 23.4 Å². The number of ether oxygens (including phenoxy) is 2. The molecule has 1 heterocycles. The topological polar surface area (TPSA) is 50.9 Å². The normalized spacial score (nSPS) is 18.3. The molecule has 1 aliphatic heterocycles. The van der Waals surface area contributed by atoms with Gasteiger partial charge in [-0.25, -0.2) is 4.79 Å². The second-order valence-electron chi connectivity index (χ2n) is 5.52. The lowest BCUT2D eigenvalue weighted by Crippen LogP contribution is -2.27. The zero-order valence-corrected chi connectivity index (χ0v) is 11.2. The standard InChI is InChI=1S/C14H19NO3/c1-9-5-6-10(12-8-17-12)7-11(9)15-13(16)18-14(2,3)4/h5-7,12H,8H2,1-4H3,(H,15,16)/t12-/m1/s1. The molecule has 1 N–H and O–H groups in total. The van der Waals surface area contributed by atoms with E-state index in [-0.39, 0.29) is 6.10 Å². The van der Waals surface area contributed by atoms with Gasteiger partial charge in [0.2, 0.25) is 0 Å². The first-order chi connectivity index (χ1) is 8.35. The van der Waals surface area contributed by atoms with E-state index in [1.165, 1.54) is 0 Å². The number of aryl methyl sites for hydroxylation is 1. The van der Waals surface area contributed by atoms with E-state index >= 15 is 0 Å². The van der Waals surface area contributed by atoms with Crippen LogP contribution in [-0.2, 0) is 9.47 Å². The Hall–Kier alpha value is -1.55. The minimum atomic E-state index is -0.491. The SMILES string of the molecule is Cc1ccc([C@H]2CO2)cc1NC(=O)OC(C)(C)C. The summed E-state index contributed by atoms with van der Waals surface area (Å²) >= 11 is 0. The van der Waals surface area contributed by atoms with Crippen molar-refractivity contribution in [2.45, 2.75) is 39.4 Å². The Morgan fingerprint density at radius 1 is 1.44 bits per heavy atom. The van der Waals surface area contributed by atoms with Crippen molar-refractivity contribution in [1.82, 2.24) is 0 Å². The summed E-state index contributed by atoms with van der Waals surface area (Å²) in [6, 6.07) is 5.94. The smallest absolute Gasteiger partial charge is 0.412 e. The highest BCUT2D eigenvalue weighted by molar-refractivity contribution is 5.86. The van der Waals surface area contributed by atoms with Gasteiger partial charge >= 0.3 is 6.09 Å². The van der Waals surface area contributed by atoms with Crippen LogP contribution in [0.4, 0.5) is 10.5 Å². The van der Waals surface area contributed by atoms with Gasteiger partial charge in [0.1, 0.15) is 11.7 Å². The molecule has 18 heavy (non-hydrogen) atoms. The van der Waals surface area contributed by atoms with Gasteiger partial charge in [-0.2, -0.15) is 0 Å². The average molecular weight is 249 g/mol. The largest absolute Gasteiger partial charge is 0.444 e. The molecule has 1 fully saturated rings. The maximum atomic E-state index is 11.7. The zero-order valence-electron chi connectivity index (χ0n) is 11.2. The van der Waals surface area contributed by atoms with Crippen LogP contribution in [0.2, 0.25) is 0 Å². The molecule has 0 bridgehead atoms. The molecule has 0 radical (unpaired) electrons. The Morgan fingerprint density at radius 2 is 2.11 bits per heavy atom. The van der Waals surface area contributed by atoms with E-state index in [9.17, 15) is 4.79 Å². The second kappa shape index (κ2) is 4.61. The summed E-state index contributed by atoms with van der Waals surface area (Å²) in [5.41, 5.74) is 2.38. The van der Waals surface area contributed by atoms with E-state index in [1.807, 2.05) is 45.9 Å². The number of epoxide rings is 1. The van der Waals surface area contributed by atoms with Gasteiger partial charge in [0.05, 0.1) is 6.61 Å². The Morgan fingerprint density at radius 3 is 2.67 bits per heavy atom. The summed E-state index contributed by atoms with van der Waals surface area (Å²) in [6.07, 6.45) is -0.246. The molecule has 2 rings (SSSR count). The molecule has 98 valence electrons. The van der Waals surface area contributed by atoms with Crippen LogP contribution in [0.15, 0.2) is 18.2 Å². The first kappa shape index (κ1) is 12.9. The number of hydrogen-bond donors (Lipinski definition) is 1. The minimum absolute atomic E-state index is 0.185. The van der Waals surface area contributed by atoms with Crippen molar-refractivity contribution in [2.75, 3.05) is 11.9 Å². The minimum Gasteiger partial charge on any atom is -0.444 e. The predicted molar refractivity (Wildman–Crippen MR) is 69.7 cm³/mol. The number of benzene rings is 1. The van der Waals surface area contributed by atoms with Gasteiger partial charge in [0, 0.05) is 5.69 Å². The van der Waals surface area contributed by atoms with Crippen LogP contribution in [0.25, 0.3) is 0 Å². The fourth-order valence-corrected chi connectivity index (χ4v) is 1.63. The van der Waals surface area contributed by atoms with E-state index in [2.05, 4.69) is 5.32 Å². The highest BCUT2D eigenvalue weighted by atomic mass is 16.6. The lowest BCUT2D eigenvalue weighted by atomic mass is 10.1. The van der Waals surface area contributed by atoms with Crippen LogP contribution >= 0.6 is 0 Å². The maximum absolute atomic E-state index is 11.7. The van der Waals surface area contributed by atoms with Crippen molar-refractivity contribution >= 4 is 11.8 Å². The highest BCUT2D eigenvalue weighted by Gasteiger charge is 2.25. The first-order valence-electron chi connectivity index (χ1n) is 6.07. The number of carbonyl (C=O) groups is 1. The van der Waals surface area contributed by atoms with Crippen LogP contribution in [0.1, 0.15) is 38.0 Å². The third-order valence-corrected chi connectivity index (χ3v) is 2.60. The molecule has 0 aliphatic carbocycles. The van der Waals surface area contributed by atoms with Crippen LogP contribution < -0.4 is 5.32 Å². The van der Waals surface area contributed by atoms with E-state index in [4.69, 9.17) is 9.47 Å². The van der Waals surface area contributed by atoms with Gasteiger partial charge in [0.25, 0.3) is 0 Å². The predicted octanol–water partition coefficient (Wildman–Crippen LogP) is 3.41. The fraction of sp³-hybridized carbons (Fsp3) is 0.500. The number of hydrogen-bond acceptors (Lipinski definition) is 3. The average Bonchev–Trinajstić information content (AvgIpc) is 3.01. The van der Waals surface area contributed by atoms with Crippen molar-refractivity contribution in [3.8, 4) is 0 Å². The number of amides is 1. The Kier molecular flexibility index (Phi) is 3.30. The van der Waals surface area contributed by atoms with E-state index < -0.39 is 11.7 Å². The molecule has 0 aromatic heterocycles. The number of carbonyl (C=O) groups excluding carboxylic acids is 1. The van der Waals surface area contributed by atoms with Crippen molar-refractivity contribution in [2.24, 2.45) is 0 Å². The van der Waals surface area contributed by atoms with E-state index in [1.54, 1.807) is 0 Å². The van der Waals surface area contributed by atoms with Crippen molar-refractivity contribution < 1.29 is 14.3 Å². The second-order valence-corrected chi connectivity index (χ2v) is 5.52. The van der Waals surface area contributed by atoms with Gasteiger partial charge in [0.15, 0.2) is 0 Å². The van der Waals surface area contributed by atoms with Crippen LogP contribution in [0.3, 0.4) is 0 Å². The molecular weight excluding hydrogens is 230 g/mol. The number of rotatable bonds is 2. The summed E-state index contributed by atoms with van der Waals surface area (Å²) in [5, 5.41) is 2.77. The quantitative estimate of drug-likeness (QED) is 0.817. The van der Waals surface area contributed by atoms with Crippen molar-refractivity contribution in [3.05, 3.63) is 29.3 Å². The maximum Gasteiger partial charge on any atom is 0.412 e. The lowest BCUT2D eigenvalue weighted by Gasteiger charge is -2.20. The Bertz CT molecular complexity index is 459. The zero-order chi connectivity index (χ0) is 13.3. The van der Waals surface area contributed by atoms with Gasteiger partial charge < -0.3 is 9.47 Å². The van der Waals surface area contributed by atoms with Crippen LogP contribution in [0.5, 0.6) is 0 Å². The summed E-state index contributed by atoms with van der Waals surface area (Å²) in [6.45, 7) is 8.23. The highest BCUT2D eigenvalue weighted by Crippen LogP contribution is 2.32. The summed E-state index contributed by atoms with van der Waals surface area (Å²) in [4.78, 5) is 11.7. The summed E-state index contributed by atoms with van der Waals surface area (Å²) in [7, 11) is 0. The van der Waals surface area contributed by atoms with Crippen LogP contribution in [-0.4, -0.2) is 18.3 Å². The summed E-state index contributed by atoms with van der Waals surface area (Å²) < 4.78 is 10.5. The third-order valence-electron chi connectivity index (χ3n) is 2.60. The monoisotopic (exact) mass is 249 g/mol. The van der Waals surface area contributed by atoms with Gasteiger partial charge in [-0.3, -0.25) is 5.32 Å². The summed E-state index contributed by atoms with van der Waals surface area (Å²) in [5.74, 6) is 0. The van der Waals surface area contributed by atoms with Gasteiger partial charge in [-0.15, -0.1) is 0 Å². The van der Waals surface area contributed by atoms with Gasteiger partial charge in [-0.05, 0) is 44.9 Å². The molecule has 0 unspecified atom stereocenters. The van der Waals surface area contributed by atoms with E-state index in [0.29, 0.717) is 0 Å². The third kappa shape index (κ3) is 3.47. The number of nitrogens with one attached hydrogen (secondary N) is 1. The Labute approximate surface area is 107 Å². The molecule has 0 spiro atoms. The first-order valence-corrected chi connectivity index (χ1v) is 6.07. The van der Waals surface area contributed by atoms with Gasteiger partial charge in [-0.1, -0.05) is 12.1 Å². The van der Waals surface area contributed by atoms with Crippen molar-refractivity contribution in [1.29, 1.82) is 0 Å². The molecule has 4 nitrogen and oxygen atoms in total. The molecule has 4 heteroatoms. The molecule has 1 atom stereocenters. The molecule has 1 aliphatic rings.